The number of benzene rings is 1. The molecule has 2 N–H and O–H groups in total. The van der Waals surface area contributed by atoms with Crippen molar-refractivity contribution >= 4 is 10.0 Å². The Bertz CT molecular complexity index is 1130. The molecule has 7 nitrogen and oxygen atoms in total. The Morgan fingerprint density at radius 2 is 1.86 bits per heavy atom. The molecular formula is C24H33F3N4O3S. The van der Waals surface area contributed by atoms with Crippen LogP contribution in [0.3, 0.4) is 0 Å². The highest BCUT2D eigenvalue weighted by atomic mass is 32.2. The van der Waals surface area contributed by atoms with Crippen LogP contribution in [0.15, 0.2) is 24.3 Å². The van der Waals surface area contributed by atoms with Crippen molar-refractivity contribution in [1.82, 2.24) is 19.4 Å². The number of hydrogen-bond acceptors (Lipinski definition) is 5. The lowest BCUT2D eigenvalue weighted by Gasteiger charge is -2.35. The summed E-state index contributed by atoms with van der Waals surface area (Å²) in [6, 6.07) is 5.69. The molecule has 35 heavy (non-hydrogen) atoms. The Labute approximate surface area is 204 Å². The smallest absolute Gasteiger partial charge is 0.372 e. The first kappa shape index (κ1) is 26.1. The molecule has 0 amide bonds. The van der Waals surface area contributed by atoms with Gasteiger partial charge in [-0.2, -0.15) is 22.6 Å². The second kappa shape index (κ2) is 10.2. The van der Waals surface area contributed by atoms with Crippen LogP contribution in [0.4, 0.5) is 13.2 Å². The second-order valence-corrected chi connectivity index (χ2v) is 12.0. The number of nitrogens with zero attached hydrogens (tertiary/aromatic N) is 3. The number of rotatable bonds is 6. The Kier molecular flexibility index (Phi) is 7.61. The summed E-state index contributed by atoms with van der Waals surface area (Å²) >= 11 is 0. The van der Waals surface area contributed by atoms with Crippen LogP contribution < -0.4 is 0 Å². The largest absolute Gasteiger partial charge is 0.416 e. The van der Waals surface area contributed by atoms with E-state index in [-0.39, 0.29) is 24.1 Å². The average molecular weight is 515 g/mol. The number of fused-ring (bicyclic) bond motifs is 1. The van der Waals surface area contributed by atoms with Crippen molar-refractivity contribution in [3.05, 3.63) is 52.3 Å². The minimum Gasteiger partial charge on any atom is -0.372 e. The van der Waals surface area contributed by atoms with Gasteiger partial charge in [-0.25, -0.2) is 8.42 Å². The van der Waals surface area contributed by atoms with E-state index < -0.39 is 28.0 Å². The minimum atomic E-state index is -4.40. The third-order valence-corrected chi connectivity index (χ3v) is 9.10. The minimum absolute atomic E-state index is 0.000839. The molecule has 2 aromatic rings. The zero-order chi connectivity index (χ0) is 25.4. The third kappa shape index (κ3) is 5.73. The average Bonchev–Trinajstić information content (AvgIpc) is 3.06. The maximum Gasteiger partial charge on any atom is 0.416 e. The standard InChI is InChI=1S/C24H33F3N4O3S/c1-16(2)15-35(33,34)31-11-5-8-21-19(14-31)22(29-28-21)23(32)30-12-9-17(10-13-30)18-6-3-4-7-20(18)24(25,26)27/h3-4,6-7,16-17,23,32H,5,8-15H2,1-2H3,(H,28,29). The summed E-state index contributed by atoms with van der Waals surface area (Å²) in [4.78, 5) is 1.81. The van der Waals surface area contributed by atoms with E-state index in [1.54, 1.807) is 17.0 Å². The number of hydrogen-bond donors (Lipinski definition) is 2. The highest BCUT2D eigenvalue weighted by molar-refractivity contribution is 7.89. The first-order chi connectivity index (χ1) is 16.5. The summed E-state index contributed by atoms with van der Waals surface area (Å²) in [5.41, 5.74) is 1.64. The van der Waals surface area contributed by atoms with Gasteiger partial charge in [0.25, 0.3) is 0 Å². The lowest BCUT2D eigenvalue weighted by Crippen LogP contribution is -2.38. The van der Waals surface area contributed by atoms with Crippen molar-refractivity contribution in [1.29, 1.82) is 0 Å². The molecule has 4 rings (SSSR count). The lowest BCUT2D eigenvalue weighted by molar-refractivity contribution is -0.138. The molecule has 1 aromatic carbocycles. The fraction of sp³-hybridized carbons (Fsp3) is 0.625. The van der Waals surface area contributed by atoms with Crippen molar-refractivity contribution < 1.29 is 26.7 Å². The summed E-state index contributed by atoms with van der Waals surface area (Å²) in [6.45, 7) is 5.12. The highest BCUT2D eigenvalue weighted by Gasteiger charge is 2.37. The topological polar surface area (TPSA) is 89.5 Å². The van der Waals surface area contributed by atoms with Gasteiger partial charge >= 0.3 is 6.18 Å². The number of nitrogens with one attached hydrogen (secondary N) is 1. The van der Waals surface area contributed by atoms with Crippen molar-refractivity contribution in [3.63, 3.8) is 0 Å². The van der Waals surface area contributed by atoms with E-state index in [2.05, 4.69) is 10.2 Å². The van der Waals surface area contributed by atoms with Crippen LogP contribution in [0, 0.1) is 5.92 Å². The van der Waals surface area contributed by atoms with Gasteiger partial charge in [0.1, 0.15) is 5.69 Å². The molecule has 1 unspecified atom stereocenters. The second-order valence-electron chi connectivity index (χ2n) is 9.94. The number of alkyl halides is 3. The number of aliphatic hydroxyl groups excluding tert-OH is 1. The van der Waals surface area contributed by atoms with Crippen molar-refractivity contribution in [2.24, 2.45) is 5.92 Å². The fourth-order valence-electron chi connectivity index (χ4n) is 5.20. The van der Waals surface area contributed by atoms with Crippen molar-refractivity contribution in [2.75, 3.05) is 25.4 Å². The fourth-order valence-corrected chi connectivity index (χ4v) is 6.99. The Morgan fingerprint density at radius 3 is 2.51 bits per heavy atom. The van der Waals surface area contributed by atoms with E-state index in [0.29, 0.717) is 62.1 Å². The third-order valence-electron chi connectivity index (χ3n) is 6.92. The number of halogens is 3. The highest BCUT2D eigenvalue weighted by Crippen LogP contribution is 2.40. The van der Waals surface area contributed by atoms with Crippen LogP contribution in [0.2, 0.25) is 0 Å². The van der Waals surface area contributed by atoms with Crippen LogP contribution >= 0.6 is 0 Å². The molecule has 2 aliphatic rings. The van der Waals surface area contributed by atoms with Crippen LogP contribution in [-0.4, -0.2) is 58.3 Å². The molecule has 1 aromatic heterocycles. The monoisotopic (exact) mass is 514 g/mol. The molecule has 0 saturated carbocycles. The Hall–Kier alpha value is -1.95. The number of aryl methyl sites for hydroxylation is 1. The van der Waals surface area contributed by atoms with E-state index in [0.717, 1.165) is 11.8 Å². The molecular weight excluding hydrogens is 481 g/mol. The summed E-state index contributed by atoms with van der Waals surface area (Å²) in [5, 5.41) is 18.5. The van der Waals surface area contributed by atoms with E-state index >= 15 is 0 Å². The van der Waals surface area contributed by atoms with Gasteiger partial charge in [-0.3, -0.25) is 10.00 Å². The molecule has 0 aliphatic carbocycles. The molecule has 1 atom stereocenters. The maximum atomic E-state index is 13.5. The summed E-state index contributed by atoms with van der Waals surface area (Å²) < 4.78 is 67.6. The van der Waals surface area contributed by atoms with E-state index in [4.69, 9.17) is 0 Å². The van der Waals surface area contributed by atoms with Gasteiger partial charge in [0.05, 0.1) is 11.3 Å². The van der Waals surface area contributed by atoms with Gasteiger partial charge in [-0.1, -0.05) is 32.0 Å². The first-order valence-corrected chi connectivity index (χ1v) is 13.7. The number of aromatic nitrogens is 2. The normalized spacial score (nSPS) is 20.1. The first-order valence-electron chi connectivity index (χ1n) is 12.1. The predicted molar refractivity (Wildman–Crippen MR) is 126 cm³/mol. The van der Waals surface area contributed by atoms with Crippen LogP contribution in [0.1, 0.15) is 73.3 Å². The van der Waals surface area contributed by atoms with Gasteiger partial charge in [0.2, 0.25) is 10.0 Å². The molecule has 1 saturated heterocycles. The van der Waals surface area contributed by atoms with Gasteiger partial charge in [-0.15, -0.1) is 0 Å². The van der Waals surface area contributed by atoms with Crippen LogP contribution in [0.25, 0.3) is 0 Å². The van der Waals surface area contributed by atoms with Gasteiger partial charge < -0.3 is 5.11 Å². The van der Waals surface area contributed by atoms with Gasteiger partial charge in [0.15, 0.2) is 6.23 Å². The quantitative estimate of drug-likeness (QED) is 0.608. The SMILES string of the molecule is CC(C)CS(=O)(=O)N1CCCc2[nH]nc(C(O)N3CCC(c4ccccc4C(F)(F)F)CC3)c2C1. The zero-order valence-electron chi connectivity index (χ0n) is 20.1. The molecule has 2 aliphatic heterocycles. The Balaban J connectivity index is 1.48. The Morgan fingerprint density at radius 1 is 1.17 bits per heavy atom. The zero-order valence-corrected chi connectivity index (χ0v) is 20.9. The van der Waals surface area contributed by atoms with Crippen molar-refractivity contribution in [3.8, 4) is 0 Å². The molecule has 194 valence electrons. The molecule has 0 bridgehead atoms. The van der Waals surface area contributed by atoms with Crippen LogP contribution in [0.5, 0.6) is 0 Å². The van der Waals surface area contributed by atoms with E-state index in [1.807, 2.05) is 13.8 Å². The maximum absolute atomic E-state index is 13.5. The molecule has 0 spiro atoms. The van der Waals surface area contributed by atoms with Gasteiger partial charge in [-0.05, 0) is 49.1 Å². The number of likely N-dealkylation sites (tertiary alicyclic amines) is 1. The molecule has 3 heterocycles. The lowest BCUT2D eigenvalue weighted by atomic mass is 9.86. The summed E-state index contributed by atoms with van der Waals surface area (Å²) in [6.07, 6.45) is -3.20. The summed E-state index contributed by atoms with van der Waals surface area (Å²) in [7, 11) is -3.44. The van der Waals surface area contributed by atoms with E-state index in [1.165, 1.54) is 10.4 Å². The molecule has 0 radical (unpaired) electrons. The number of sulfonamides is 1. The number of H-pyrrole nitrogens is 1. The predicted octanol–water partition coefficient (Wildman–Crippen LogP) is 4.03. The number of aliphatic hydroxyl groups is 1. The number of aromatic amines is 1. The van der Waals surface area contributed by atoms with Crippen molar-refractivity contribution in [2.45, 2.75) is 64.4 Å². The van der Waals surface area contributed by atoms with Crippen LogP contribution in [-0.2, 0) is 29.2 Å². The summed E-state index contributed by atoms with van der Waals surface area (Å²) in [5.74, 6) is -0.185. The number of piperidine rings is 1. The van der Waals surface area contributed by atoms with E-state index in [9.17, 15) is 26.7 Å². The molecule has 11 heteroatoms. The van der Waals surface area contributed by atoms with Gasteiger partial charge in [0, 0.05) is 37.4 Å². The molecule has 1 fully saturated rings.